The minimum absolute atomic E-state index is 0.381. The van der Waals surface area contributed by atoms with Gasteiger partial charge in [-0.3, -0.25) is 4.98 Å². The molecule has 4 rings (SSSR count). The van der Waals surface area contributed by atoms with Crippen molar-refractivity contribution in [1.82, 2.24) is 19.5 Å². The Morgan fingerprint density at radius 3 is 2.70 bits per heavy atom. The van der Waals surface area contributed by atoms with Crippen molar-refractivity contribution < 1.29 is 20.1 Å². The zero-order valence-electron chi connectivity index (χ0n) is 14.7. The van der Waals surface area contributed by atoms with Gasteiger partial charge in [0.25, 0.3) is 0 Å². The number of aliphatic hydroxyl groups excluding tert-OH is 3. The first-order chi connectivity index (χ1) is 13.1. The largest absolute Gasteiger partial charge is 0.394 e. The number of rotatable bonds is 4. The van der Waals surface area contributed by atoms with E-state index in [0.717, 1.165) is 22.3 Å². The highest BCUT2D eigenvalue weighted by atomic mass is 16.6. The van der Waals surface area contributed by atoms with Gasteiger partial charge in [-0.2, -0.15) is 0 Å². The van der Waals surface area contributed by atoms with Gasteiger partial charge in [-0.15, -0.1) is 0 Å². The van der Waals surface area contributed by atoms with Gasteiger partial charge in [-0.25, -0.2) is 9.97 Å². The van der Waals surface area contributed by atoms with Crippen LogP contribution in [0.5, 0.6) is 0 Å². The van der Waals surface area contributed by atoms with Gasteiger partial charge >= 0.3 is 0 Å². The molecule has 0 radical (unpaired) electrons. The minimum Gasteiger partial charge on any atom is -0.394 e. The topological polar surface area (TPSA) is 114 Å². The third kappa shape index (κ3) is 3.13. The third-order valence-corrected chi connectivity index (χ3v) is 4.74. The fourth-order valence-electron chi connectivity index (χ4n) is 3.35. The first-order valence-electron chi connectivity index (χ1n) is 8.64. The van der Waals surface area contributed by atoms with Gasteiger partial charge in [0.15, 0.2) is 6.23 Å². The van der Waals surface area contributed by atoms with E-state index in [9.17, 15) is 15.3 Å². The molecular formula is C19H20N4O4. The molecule has 4 heterocycles. The first kappa shape index (κ1) is 17.7. The summed E-state index contributed by atoms with van der Waals surface area (Å²) >= 11 is 0. The van der Waals surface area contributed by atoms with E-state index >= 15 is 0 Å². The predicted octanol–water partition coefficient (Wildman–Crippen LogP) is 0.917. The van der Waals surface area contributed by atoms with E-state index in [-0.39, 0.29) is 6.61 Å². The summed E-state index contributed by atoms with van der Waals surface area (Å²) in [6.07, 6.45) is 4.68. The number of hydrogen-bond acceptors (Lipinski definition) is 7. The fourth-order valence-corrected chi connectivity index (χ4v) is 3.35. The molecule has 3 aromatic heterocycles. The first-order valence-corrected chi connectivity index (χ1v) is 8.64. The molecule has 1 fully saturated rings. The van der Waals surface area contributed by atoms with Crippen LogP contribution in [-0.4, -0.2) is 59.8 Å². The van der Waals surface area contributed by atoms with Crippen molar-refractivity contribution in [1.29, 1.82) is 0 Å². The van der Waals surface area contributed by atoms with Gasteiger partial charge in [-0.1, -0.05) is 12.1 Å². The molecule has 0 spiro atoms. The molecule has 0 bridgehead atoms. The van der Waals surface area contributed by atoms with Crippen LogP contribution in [0.2, 0.25) is 0 Å². The summed E-state index contributed by atoms with van der Waals surface area (Å²) in [6.45, 7) is 1.50. The number of ether oxygens (including phenoxy) is 1. The lowest BCUT2D eigenvalue weighted by Crippen LogP contribution is -2.33. The van der Waals surface area contributed by atoms with Crippen molar-refractivity contribution in [3.05, 3.63) is 53.9 Å². The summed E-state index contributed by atoms with van der Waals surface area (Å²) in [5, 5.41) is 30.6. The van der Waals surface area contributed by atoms with Gasteiger partial charge in [0, 0.05) is 23.3 Å². The van der Waals surface area contributed by atoms with Crippen LogP contribution in [0, 0.1) is 6.92 Å². The highest BCUT2D eigenvalue weighted by Crippen LogP contribution is 2.34. The van der Waals surface area contributed by atoms with Crippen LogP contribution in [0.3, 0.4) is 0 Å². The van der Waals surface area contributed by atoms with Crippen LogP contribution in [0.1, 0.15) is 23.2 Å². The van der Waals surface area contributed by atoms with Crippen LogP contribution < -0.4 is 0 Å². The molecule has 0 amide bonds. The van der Waals surface area contributed by atoms with Crippen LogP contribution in [0.25, 0.3) is 23.2 Å². The second-order valence-electron chi connectivity index (χ2n) is 6.47. The zero-order chi connectivity index (χ0) is 19.0. The van der Waals surface area contributed by atoms with E-state index in [0.29, 0.717) is 5.65 Å². The van der Waals surface area contributed by atoms with Crippen LogP contribution in [-0.2, 0) is 4.74 Å². The van der Waals surface area contributed by atoms with Crippen LogP contribution in [0.4, 0.5) is 0 Å². The molecule has 0 saturated carbocycles. The van der Waals surface area contributed by atoms with E-state index in [4.69, 9.17) is 4.74 Å². The molecular weight excluding hydrogens is 348 g/mol. The van der Waals surface area contributed by atoms with Gasteiger partial charge in [0.1, 0.15) is 30.3 Å². The molecule has 3 aromatic rings. The highest BCUT2D eigenvalue weighted by molar-refractivity contribution is 5.91. The molecule has 0 aliphatic carbocycles. The van der Waals surface area contributed by atoms with Crippen molar-refractivity contribution in [2.75, 3.05) is 6.61 Å². The monoisotopic (exact) mass is 368 g/mol. The number of fused-ring (bicyclic) bond motifs is 1. The Balaban J connectivity index is 1.79. The van der Waals surface area contributed by atoms with E-state index < -0.39 is 24.5 Å². The molecule has 0 aromatic carbocycles. The molecule has 3 N–H and O–H groups in total. The van der Waals surface area contributed by atoms with Crippen LogP contribution in [0.15, 0.2) is 36.9 Å². The summed E-state index contributed by atoms with van der Waals surface area (Å²) in [6, 6.07) is 5.65. The Morgan fingerprint density at radius 1 is 1.15 bits per heavy atom. The maximum absolute atomic E-state index is 10.4. The summed E-state index contributed by atoms with van der Waals surface area (Å²) < 4.78 is 7.33. The van der Waals surface area contributed by atoms with Crippen LogP contribution >= 0.6 is 0 Å². The smallest absolute Gasteiger partial charge is 0.164 e. The number of aromatic nitrogens is 4. The summed E-state index contributed by atoms with van der Waals surface area (Å²) in [4.78, 5) is 12.9. The number of aryl methyl sites for hydroxylation is 1. The Hall–Kier alpha value is -2.65. The predicted molar refractivity (Wildman–Crippen MR) is 98.4 cm³/mol. The normalized spacial score (nSPS) is 25.6. The van der Waals surface area contributed by atoms with Gasteiger partial charge in [0.2, 0.25) is 0 Å². The van der Waals surface area contributed by atoms with Gasteiger partial charge in [-0.05, 0) is 25.1 Å². The molecule has 27 heavy (non-hydrogen) atoms. The Labute approximate surface area is 155 Å². The van der Waals surface area contributed by atoms with E-state index in [2.05, 4.69) is 15.0 Å². The maximum Gasteiger partial charge on any atom is 0.164 e. The van der Waals surface area contributed by atoms with Gasteiger partial charge in [0.05, 0.1) is 18.0 Å². The van der Waals surface area contributed by atoms with Crippen molar-refractivity contribution in [2.24, 2.45) is 0 Å². The molecule has 1 aliphatic heterocycles. The fraction of sp³-hybridized carbons (Fsp3) is 0.316. The number of hydrogen-bond donors (Lipinski definition) is 3. The van der Waals surface area contributed by atoms with E-state index in [1.807, 2.05) is 37.3 Å². The molecule has 0 unspecified atom stereocenters. The average Bonchev–Trinajstić information content (AvgIpc) is 3.20. The second-order valence-corrected chi connectivity index (χ2v) is 6.47. The molecule has 140 valence electrons. The molecule has 8 heteroatoms. The lowest BCUT2D eigenvalue weighted by atomic mass is 10.1. The number of nitrogens with zero attached hydrogens (tertiary/aromatic N) is 4. The molecule has 1 saturated heterocycles. The van der Waals surface area contributed by atoms with E-state index in [1.54, 1.807) is 17.0 Å². The Kier molecular flexibility index (Phi) is 4.71. The maximum atomic E-state index is 10.4. The summed E-state index contributed by atoms with van der Waals surface area (Å²) in [7, 11) is 0. The lowest BCUT2D eigenvalue weighted by molar-refractivity contribution is -0.0508. The average molecular weight is 368 g/mol. The number of pyridine rings is 1. The molecule has 1 aliphatic rings. The standard InChI is InChI=1S/C19H20N4O4/c1-11-15-12(5-6-13-4-2-3-7-20-13)8-23(18(15)22-10-21-11)19-17(26)16(25)14(9-24)27-19/h2-8,10,14,16-17,19,24-26H,9H2,1H3/b6-5+/t14-,16-,17-,19-/m1/s1. The highest BCUT2D eigenvalue weighted by Gasteiger charge is 2.44. The van der Waals surface area contributed by atoms with Gasteiger partial charge < -0.3 is 24.6 Å². The van der Waals surface area contributed by atoms with Crippen molar-refractivity contribution >= 4 is 23.2 Å². The summed E-state index contributed by atoms with van der Waals surface area (Å²) in [5.41, 5.74) is 3.01. The zero-order valence-corrected chi connectivity index (χ0v) is 14.7. The third-order valence-electron chi connectivity index (χ3n) is 4.74. The molecule has 8 nitrogen and oxygen atoms in total. The summed E-state index contributed by atoms with van der Waals surface area (Å²) in [5.74, 6) is 0. The lowest BCUT2D eigenvalue weighted by Gasteiger charge is -2.17. The van der Waals surface area contributed by atoms with Crippen molar-refractivity contribution in [2.45, 2.75) is 31.5 Å². The molecule has 4 atom stereocenters. The van der Waals surface area contributed by atoms with Crippen molar-refractivity contribution in [3.8, 4) is 0 Å². The Morgan fingerprint density at radius 2 is 2.00 bits per heavy atom. The second kappa shape index (κ2) is 7.16. The minimum atomic E-state index is -1.18. The quantitative estimate of drug-likeness (QED) is 0.627. The van der Waals surface area contributed by atoms with Crippen molar-refractivity contribution in [3.63, 3.8) is 0 Å². The number of aliphatic hydroxyl groups is 3. The van der Waals surface area contributed by atoms with E-state index in [1.165, 1.54) is 6.33 Å². The Bertz CT molecular complexity index is 973. The SMILES string of the molecule is Cc1ncnc2c1c(/C=C/c1ccccn1)cn2[C@@H]1O[C@H](CO)[C@@H](O)[C@H]1O.